The molecule has 0 unspecified atom stereocenters. The Morgan fingerprint density at radius 2 is 0.966 bits per heavy atom. The van der Waals surface area contributed by atoms with Gasteiger partial charge in [-0.2, -0.15) is 0 Å². The normalized spacial score (nSPS) is 18.7. The minimum Gasteiger partial charge on any atom is -0.302 e. The number of phosphoric acid groups is 1. The molecule has 0 heterocycles. The van der Waals surface area contributed by atoms with E-state index in [9.17, 15) is 9.46 Å². The number of rotatable bonds is 5. The van der Waals surface area contributed by atoms with Gasteiger partial charge in [-0.15, -0.1) is 0 Å². The first-order chi connectivity index (χ1) is 14.1. The van der Waals surface area contributed by atoms with Gasteiger partial charge in [-0.3, -0.25) is 9.05 Å². The maximum atomic E-state index is 11.9. The number of hydrogen-bond acceptors (Lipinski definition) is 3. The maximum absolute atomic E-state index is 11.9. The van der Waals surface area contributed by atoms with Crippen LogP contribution in [-0.2, 0) is 13.6 Å². The van der Waals surface area contributed by atoms with Crippen LogP contribution in [0.25, 0.3) is 11.1 Å². The van der Waals surface area contributed by atoms with E-state index in [-0.39, 0.29) is 12.2 Å². The molecular formula is C24H33O4P. The lowest BCUT2D eigenvalue weighted by Gasteiger charge is -2.27. The van der Waals surface area contributed by atoms with Crippen molar-refractivity contribution in [1.82, 2.24) is 0 Å². The molecule has 0 radical (unpaired) electrons. The van der Waals surface area contributed by atoms with Crippen molar-refractivity contribution in [2.24, 2.45) is 0 Å². The molecule has 4 rings (SSSR count). The second-order valence-electron chi connectivity index (χ2n) is 7.93. The van der Waals surface area contributed by atoms with Crippen molar-refractivity contribution in [2.45, 2.75) is 76.4 Å². The molecule has 0 atom stereocenters. The highest BCUT2D eigenvalue weighted by molar-refractivity contribution is 7.47. The van der Waals surface area contributed by atoms with E-state index < -0.39 is 7.82 Å². The molecule has 4 nitrogen and oxygen atoms in total. The van der Waals surface area contributed by atoms with Crippen LogP contribution in [0.2, 0.25) is 0 Å². The van der Waals surface area contributed by atoms with Crippen LogP contribution < -0.4 is 0 Å². The third kappa shape index (κ3) is 8.06. The van der Waals surface area contributed by atoms with Crippen LogP contribution in [0.1, 0.15) is 64.2 Å². The Labute approximate surface area is 174 Å². The molecule has 0 bridgehead atoms. The number of phosphoric ester groups is 1. The van der Waals surface area contributed by atoms with Crippen LogP contribution in [-0.4, -0.2) is 17.1 Å². The van der Waals surface area contributed by atoms with Gasteiger partial charge in [0, 0.05) is 0 Å². The lowest BCUT2D eigenvalue weighted by Crippen LogP contribution is -2.20. The predicted molar refractivity (Wildman–Crippen MR) is 118 cm³/mol. The molecule has 2 aliphatic carbocycles. The van der Waals surface area contributed by atoms with Crippen LogP contribution in [0, 0.1) is 0 Å². The molecule has 5 heteroatoms. The highest BCUT2D eigenvalue weighted by atomic mass is 31.2. The lowest BCUT2D eigenvalue weighted by atomic mass is 9.98. The van der Waals surface area contributed by atoms with Crippen LogP contribution in [0.15, 0.2) is 60.7 Å². The molecule has 0 spiro atoms. The zero-order chi connectivity index (χ0) is 20.4. The Bertz CT molecular complexity index is 676. The third-order valence-electron chi connectivity index (χ3n) is 5.55. The molecule has 2 aromatic rings. The average Bonchev–Trinajstić information content (AvgIpc) is 2.76. The molecule has 0 saturated heterocycles. The van der Waals surface area contributed by atoms with Crippen molar-refractivity contribution >= 4 is 7.82 Å². The molecule has 2 fully saturated rings. The van der Waals surface area contributed by atoms with Crippen LogP contribution >= 0.6 is 7.82 Å². The standard InChI is InChI=1S/C12H23O4P.C12H10/c13-17(14,15-11-7-3-1-4-8-11)16-12-9-5-2-6-10-12;1-3-7-11(8-4-1)12-9-5-2-6-10-12/h11-12H,1-10H2,(H,13,14);1-10H. The first-order valence-corrected chi connectivity index (χ1v) is 12.4. The molecule has 158 valence electrons. The van der Waals surface area contributed by atoms with Crippen molar-refractivity contribution < 1.29 is 18.5 Å². The summed E-state index contributed by atoms with van der Waals surface area (Å²) in [6, 6.07) is 20.8. The number of hydrogen-bond donors (Lipinski definition) is 1. The fraction of sp³-hybridized carbons (Fsp3) is 0.500. The lowest BCUT2D eigenvalue weighted by molar-refractivity contribution is 0.0476. The molecule has 0 aromatic heterocycles. The summed E-state index contributed by atoms with van der Waals surface area (Å²) in [5, 5.41) is 0. The topological polar surface area (TPSA) is 55.8 Å². The Morgan fingerprint density at radius 3 is 1.31 bits per heavy atom. The Morgan fingerprint density at radius 1 is 0.621 bits per heavy atom. The second-order valence-corrected chi connectivity index (χ2v) is 9.29. The fourth-order valence-electron chi connectivity index (χ4n) is 4.00. The summed E-state index contributed by atoms with van der Waals surface area (Å²) in [5.41, 5.74) is 2.55. The van der Waals surface area contributed by atoms with Gasteiger partial charge in [0.15, 0.2) is 0 Å². The van der Waals surface area contributed by atoms with Crippen molar-refractivity contribution in [3.8, 4) is 11.1 Å². The minimum absolute atomic E-state index is 0.0804. The van der Waals surface area contributed by atoms with Crippen molar-refractivity contribution in [3.63, 3.8) is 0 Å². The van der Waals surface area contributed by atoms with Gasteiger partial charge >= 0.3 is 7.82 Å². The van der Waals surface area contributed by atoms with E-state index in [2.05, 4.69) is 48.5 Å². The van der Waals surface area contributed by atoms with E-state index in [0.29, 0.717) is 0 Å². The second kappa shape index (κ2) is 11.7. The summed E-state index contributed by atoms with van der Waals surface area (Å²) in [6.07, 6.45) is 10.2. The van der Waals surface area contributed by atoms with E-state index in [0.717, 1.165) is 51.4 Å². The summed E-state index contributed by atoms with van der Waals surface area (Å²) in [4.78, 5) is 9.73. The zero-order valence-electron chi connectivity index (χ0n) is 17.1. The van der Waals surface area contributed by atoms with Crippen molar-refractivity contribution in [3.05, 3.63) is 60.7 Å². The Hall–Kier alpha value is -1.45. The van der Waals surface area contributed by atoms with E-state index in [1.807, 2.05) is 12.1 Å². The average molecular weight is 416 g/mol. The van der Waals surface area contributed by atoms with Gasteiger partial charge in [0.25, 0.3) is 0 Å². The predicted octanol–water partition coefficient (Wildman–Crippen LogP) is 7.14. The summed E-state index contributed by atoms with van der Waals surface area (Å²) >= 11 is 0. The summed E-state index contributed by atoms with van der Waals surface area (Å²) in [5.74, 6) is 0. The molecule has 29 heavy (non-hydrogen) atoms. The Kier molecular flexibility index (Phi) is 8.94. The van der Waals surface area contributed by atoms with E-state index >= 15 is 0 Å². The minimum atomic E-state index is -3.83. The highest BCUT2D eigenvalue weighted by Gasteiger charge is 2.31. The zero-order valence-corrected chi connectivity index (χ0v) is 18.0. The molecular weight excluding hydrogens is 383 g/mol. The first-order valence-electron chi connectivity index (χ1n) is 10.9. The first kappa shape index (κ1) is 22.2. The highest BCUT2D eigenvalue weighted by Crippen LogP contribution is 2.49. The molecule has 2 aliphatic rings. The molecule has 2 aromatic carbocycles. The van der Waals surface area contributed by atoms with E-state index in [1.165, 1.54) is 24.0 Å². The van der Waals surface area contributed by atoms with Gasteiger partial charge in [-0.25, -0.2) is 4.57 Å². The van der Waals surface area contributed by atoms with Gasteiger partial charge in [0.2, 0.25) is 0 Å². The van der Waals surface area contributed by atoms with Gasteiger partial charge in [-0.1, -0.05) is 99.2 Å². The van der Waals surface area contributed by atoms with Crippen LogP contribution in [0.4, 0.5) is 0 Å². The quantitative estimate of drug-likeness (QED) is 0.526. The number of benzene rings is 2. The Balaban J connectivity index is 0.000000176. The van der Waals surface area contributed by atoms with E-state index in [4.69, 9.17) is 9.05 Å². The smallest absolute Gasteiger partial charge is 0.302 e. The van der Waals surface area contributed by atoms with E-state index in [1.54, 1.807) is 0 Å². The van der Waals surface area contributed by atoms with Crippen molar-refractivity contribution in [2.75, 3.05) is 0 Å². The SMILES string of the molecule is O=P(O)(OC1CCCCC1)OC1CCCCC1.c1ccc(-c2ccccc2)cc1. The van der Waals surface area contributed by atoms with Crippen LogP contribution in [0.5, 0.6) is 0 Å². The summed E-state index contributed by atoms with van der Waals surface area (Å²) in [7, 11) is -3.83. The van der Waals surface area contributed by atoms with Gasteiger partial charge in [-0.05, 0) is 36.8 Å². The molecule has 0 amide bonds. The monoisotopic (exact) mass is 416 g/mol. The van der Waals surface area contributed by atoms with Crippen LogP contribution in [0.3, 0.4) is 0 Å². The third-order valence-corrected chi connectivity index (χ3v) is 6.68. The largest absolute Gasteiger partial charge is 0.472 e. The fourth-order valence-corrected chi connectivity index (χ4v) is 5.23. The summed E-state index contributed by atoms with van der Waals surface area (Å²) in [6.45, 7) is 0. The molecule has 2 saturated carbocycles. The molecule has 1 N–H and O–H groups in total. The van der Waals surface area contributed by atoms with Gasteiger partial charge in [0.05, 0.1) is 12.2 Å². The summed E-state index contributed by atoms with van der Waals surface area (Å²) < 4.78 is 22.4. The maximum Gasteiger partial charge on any atom is 0.472 e. The molecule has 0 aliphatic heterocycles. The van der Waals surface area contributed by atoms with Crippen molar-refractivity contribution in [1.29, 1.82) is 0 Å². The van der Waals surface area contributed by atoms with Gasteiger partial charge < -0.3 is 4.89 Å². The van der Waals surface area contributed by atoms with Gasteiger partial charge in [0.1, 0.15) is 0 Å².